The molecule has 4 aromatic rings. The van der Waals surface area contributed by atoms with Crippen molar-refractivity contribution in [3.05, 3.63) is 88.4 Å². The first-order valence-electron chi connectivity index (χ1n) is 9.00. The van der Waals surface area contributed by atoms with Gasteiger partial charge in [-0.1, -0.05) is 18.2 Å². The predicted molar refractivity (Wildman–Crippen MR) is 103 cm³/mol. The van der Waals surface area contributed by atoms with E-state index in [4.69, 9.17) is 4.42 Å². The summed E-state index contributed by atoms with van der Waals surface area (Å²) >= 11 is 0. The van der Waals surface area contributed by atoms with Crippen LogP contribution < -0.4 is 5.76 Å². The standard InChI is InChI=1S/C21H17FN4O3/c1-14-18(13-23-26(14)17-5-3-2-4-6-17)20-24-25(21(28)29-20)12-11-19(27)15-7-9-16(22)10-8-15/h2-10,13H,11-12H2,1H3. The third-order valence-electron chi connectivity index (χ3n) is 4.56. The van der Waals surface area contributed by atoms with Gasteiger partial charge >= 0.3 is 5.76 Å². The van der Waals surface area contributed by atoms with Crippen LogP contribution in [0.1, 0.15) is 22.5 Å². The van der Waals surface area contributed by atoms with Gasteiger partial charge in [0.2, 0.25) is 0 Å². The summed E-state index contributed by atoms with van der Waals surface area (Å²) in [5.41, 5.74) is 2.62. The van der Waals surface area contributed by atoms with Crippen LogP contribution in [0.15, 0.2) is 70.0 Å². The minimum atomic E-state index is -0.654. The molecule has 2 aromatic carbocycles. The Morgan fingerprint density at radius 2 is 1.83 bits per heavy atom. The van der Waals surface area contributed by atoms with Crippen LogP contribution in [-0.2, 0) is 6.54 Å². The van der Waals surface area contributed by atoms with Gasteiger partial charge < -0.3 is 4.42 Å². The average Bonchev–Trinajstić information content (AvgIpc) is 3.29. The highest BCUT2D eigenvalue weighted by Gasteiger charge is 2.17. The van der Waals surface area contributed by atoms with Gasteiger partial charge in [-0.25, -0.2) is 13.9 Å². The number of halogens is 1. The first-order chi connectivity index (χ1) is 14.0. The summed E-state index contributed by atoms with van der Waals surface area (Å²) in [7, 11) is 0. The monoisotopic (exact) mass is 392 g/mol. The van der Waals surface area contributed by atoms with E-state index >= 15 is 0 Å². The minimum Gasteiger partial charge on any atom is -0.387 e. The number of carbonyl (C=O) groups is 1. The zero-order valence-electron chi connectivity index (χ0n) is 15.6. The number of hydrogen-bond donors (Lipinski definition) is 0. The van der Waals surface area contributed by atoms with Crippen molar-refractivity contribution in [3.63, 3.8) is 0 Å². The van der Waals surface area contributed by atoms with Crippen LogP contribution in [0.5, 0.6) is 0 Å². The molecule has 0 aliphatic carbocycles. The van der Waals surface area contributed by atoms with E-state index in [0.29, 0.717) is 11.1 Å². The molecule has 0 N–H and O–H groups in total. The Bertz CT molecular complexity index is 1210. The maximum absolute atomic E-state index is 13.0. The number of ketones is 1. The highest BCUT2D eigenvalue weighted by Crippen LogP contribution is 2.22. The first kappa shape index (κ1) is 18.5. The fourth-order valence-corrected chi connectivity index (χ4v) is 2.99. The molecule has 0 spiro atoms. The second-order valence-corrected chi connectivity index (χ2v) is 6.47. The molecule has 0 fully saturated rings. The number of rotatable bonds is 6. The van der Waals surface area contributed by atoms with Crippen molar-refractivity contribution in [1.29, 1.82) is 0 Å². The molecule has 7 nitrogen and oxygen atoms in total. The molecule has 146 valence electrons. The van der Waals surface area contributed by atoms with Crippen molar-refractivity contribution in [2.75, 3.05) is 0 Å². The van der Waals surface area contributed by atoms with Crippen molar-refractivity contribution in [1.82, 2.24) is 19.6 Å². The fourth-order valence-electron chi connectivity index (χ4n) is 2.99. The molecular weight excluding hydrogens is 375 g/mol. The van der Waals surface area contributed by atoms with E-state index < -0.39 is 11.6 Å². The summed E-state index contributed by atoms with van der Waals surface area (Å²) in [5.74, 6) is -1.14. The van der Waals surface area contributed by atoms with Crippen molar-refractivity contribution >= 4 is 5.78 Å². The van der Waals surface area contributed by atoms with Crippen LogP contribution in [-0.4, -0.2) is 25.3 Å². The number of para-hydroxylation sites is 1. The Balaban J connectivity index is 1.53. The molecular formula is C21H17FN4O3. The lowest BCUT2D eigenvalue weighted by molar-refractivity contribution is 0.0975. The second-order valence-electron chi connectivity index (χ2n) is 6.47. The van der Waals surface area contributed by atoms with Gasteiger partial charge in [-0.3, -0.25) is 4.79 Å². The lowest BCUT2D eigenvalue weighted by Gasteiger charge is -2.03. The third kappa shape index (κ3) is 3.77. The summed E-state index contributed by atoms with van der Waals surface area (Å²) in [6.07, 6.45) is 1.63. The number of carbonyl (C=O) groups excluding carboxylic acids is 1. The molecule has 0 amide bonds. The van der Waals surface area contributed by atoms with Crippen LogP contribution in [0.3, 0.4) is 0 Å². The summed E-state index contributed by atoms with van der Waals surface area (Å²) in [5, 5.41) is 8.54. The number of aryl methyl sites for hydroxylation is 1. The Morgan fingerprint density at radius 3 is 2.55 bits per heavy atom. The van der Waals surface area contributed by atoms with Gasteiger partial charge in [0.1, 0.15) is 5.82 Å². The zero-order chi connectivity index (χ0) is 20.4. The third-order valence-corrected chi connectivity index (χ3v) is 4.56. The summed E-state index contributed by atoms with van der Waals surface area (Å²) in [6, 6.07) is 14.8. The Labute approximate surface area is 165 Å². The molecule has 0 aliphatic rings. The van der Waals surface area contributed by atoms with E-state index in [9.17, 15) is 14.0 Å². The van der Waals surface area contributed by atoms with E-state index in [-0.39, 0.29) is 24.6 Å². The average molecular weight is 392 g/mol. The molecule has 2 heterocycles. The topological polar surface area (TPSA) is 82.9 Å². The zero-order valence-corrected chi connectivity index (χ0v) is 15.6. The van der Waals surface area contributed by atoms with Gasteiger partial charge in [0.05, 0.1) is 29.7 Å². The molecule has 0 saturated carbocycles. The fraction of sp³-hybridized carbons (Fsp3) is 0.143. The number of hydrogen-bond acceptors (Lipinski definition) is 5. The molecule has 2 aromatic heterocycles. The van der Waals surface area contributed by atoms with Crippen molar-refractivity contribution in [3.8, 4) is 17.1 Å². The lowest BCUT2D eigenvalue weighted by atomic mass is 10.1. The first-order valence-corrected chi connectivity index (χ1v) is 9.00. The predicted octanol–water partition coefficient (Wildman–Crippen LogP) is 3.41. The van der Waals surface area contributed by atoms with Gasteiger partial charge in [-0.05, 0) is 43.3 Å². The van der Waals surface area contributed by atoms with Gasteiger partial charge in [-0.15, -0.1) is 5.10 Å². The van der Waals surface area contributed by atoms with E-state index in [2.05, 4.69) is 10.2 Å². The summed E-state index contributed by atoms with van der Waals surface area (Å²) < 4.78 is 21.1. The van der Waals surface area contributed by atoms with E-state index in [1.165, 1.54) is 24.3 Å². The van der Waals surface area contributed by atoms with Crippen LogP contribution in [0.25, 0.3) is 17.1 Å². The van der Waals surface area contributed by atoms with Crippen molar-refractivity contribution in [2.45, 2.75) is 19.9 Å². The number of aromatic nitrogens is 4. The Kier molecular flexibility index (Phi) is 4.90. The molecule has 4 rings (SSSR count). The quantitative estimate of drug-likeness (QED) is 0.470. The van der Waals surface area contributed by atoms with E-state index in [1.807, 2.05) is 37.3 Å². The molecule has 0 radical (unpaired) electrons. The highest BCUT2D eigenvalue weighted by atomic mass is 19.1. The van der Waals surface area contributed by atoms with Gasteiger partial charge in [0.25, 0.3) is 5.89 Å². The van der Waals surface area contributed by atoms with Gasteiger partial charge in [0, 0.05) is 12.0 Å². The maximum Gasteiger partial charge on any atom is 0.437 e. The normalized spacial score (nSPS) is 11.0. The Hall–Kier alpha value is -3.81. The van der Waals surface area contributed by atoms with Crippen molar-refractivity contribution < 1.29 is 13.6 Å². The molecule has 0 bridgehead atoms. The second kappa shape index (κ2) is 7.67. The SMILES string of the molecule is Cc1c(-c2nn(CCC(=O)c3ccc(F)cc3)c(=O)o2)cnn1-c1ccccc1. The molecule has 29 heavy (non-hydrogen) atoms. The van der Waals surface area contributed by atoms with E-state index in [1.54, 1.807) is 10.9 Å². The lowest BCUT2D eigenvalue weighted by Crippen LogP contribution is -2.18. The molecule has 0 atom stereocenters. The van der Waals surface area contributed by atoms with Crippen LogP contribution in [0, 0.1) is 12.7 Å². The largest absolute Gasteiger partial charge is 0.437 e. The minimum absolute atomic E-state index is 0.0414. The molecule has 0 unspecified atom stereocenters. The van der Waals surface area contributed by atoms with Crippen molar-refractivity contribution in [2.24, 2.45) is 0 Å². The van der Waals surface area contributed by atoms with Gasteiger partial charge in [0.15, 0.2) is 5.78 Å². The van der Waals surface area contributed by atoms with E-state index in [0.717, 1.165) is 16.1 Å². The number of nitrogens with zero attached hydrogens (tertiary/aromatic N) is 4. The summed E-state index contributed by atoms with van der Waals surface area (Å²) in [4.78, 5) is 24.4. The van der Waals surface area contributed by atoms with Crippen LogP contribution in [0.4, 0.5) is 4.39 Å². The van der Waals surface area contributed by atoms with Gasteiger partial charge in [-0.2, -0.15) is 9.78 Å². The smallest absolute Gasteiger partial charge is 0.387 e. The number of Topliss-reactive ketones (excluding diaryl/α,β-unsaturated/α-hetero) is 1. The van der Waals surface area contributed by atoms with Crippen LogP contribution >= 0.6 is 0 Å². The maximum atomic E-state index is 13.0. The van der Waals surface area contributed by atoms with Crippen LogP contribution in [0.2, 0.25) is 0 Å². The molecule has 0 saturated heterocycles. The molecule has 0 aliphatic heterocycles. The summed E-state index contributed by atoms with van der Waals surface area (Å²) in [6.45, 7) is 1.91. The molecule has 8 heteroatoms. The highest BCUT2D eigenvalue weighted by molar-refractivity contribution is 5.95. The number of benzene rings is 2. The Morgan fingerprint density at radius 1 is 1.10 bits per heavy atom.